The van der Waals surface area contributed by atoms with E-state index in [0.717, 1.165) is 16.6 Å². The van der Waals surface area contributed by atoms with Gasteiger partial charge >= 0.3 is 0 Å². The molecule has 3 atom stereocenters. The molecule has 3 fully saturated rings. The van der Waals surface area contributed by atoms with Crippen LogP contribution in [-0.4, -0.2) is 18.4 Å². The van der Waals surface area contributed by atoms with Gasteiger partial charge in [-0.25, -0.2) is 0 Å². The van der Waals surface area contributed by atoms with Gasteiger partial charge in [-0.05, 0) is 34.8 Å². The molecule has 1 aliphatic carbocycles. The second-order valence-corrected chi connectivity index (χ2v) is 5.63. The average molecular weight is 272 g/mol. The molecule has 2 aliphatic heterocycles. The van der Waals surface area contributed by atoms with Crippen molar-refractivity contribution in [3.8, 4) is 0 Å². The van der Waals surface area contributed by atoms with Crippen molar-refractivity contribution in [3.05, 3.63) is 20.8 Å². The fourth-order valence-corrected chi connectivity index (χ4v) is 3.99. The molecule has 2 bridgehead atoms. The topological polar surface area (TPSA) is 29.1 Å². The van der Waals surface area contributed by atoms with Gasteiger partial charge in [0, 0.05) is 32.8 Å². The first-order valence-corrected chi connectivity index (χ1v) is 6.50. The van der Waals surface area contributed by atoms with Gasteiger partial charge < -0.3 is 5.32 Å². The summed E-state index contributed by atoms with van der Waals surface area (Å²) < 4.78 is 0.957. The molecule has 4 rings (SSSR count). The Bertz CT molecular complexity index is 375. The molecule has 1 aromatic rings. The fourth-order valence-electron chi connectivity index (χ4n) is 2.51. The van der Waals surface area contributed by atoms with Gasteiger partial charge in [0.2, 0.25) is 0 Å². The maximum absolute atomic E-state index is 12.1. The first kappa shape index (κ1) is 9.07. The quantitative estimate of drug-likeness (QED) is 0.837. The van der Waals surface area contributed by atoms with Crippen molar-refractivity contribution in [1.29, 1.82) is 0 Å². The predicted molar refractivity (Wildman–Crippen MR) is 59.7 cm³/mol. The Morgan fingerprint density at radius 2 is 2.43 bits per heavy atom. The lowest BCUT2D eigenvalue weighted by Crippen LogP contribution is -2.42. The SMILES string of the molecule is O=C(c1cscc1Br)C1C2CNC1C2. The zero-order chi connectivity index (χ0) is 9.71. The average Bonchev–Trinajstić information content (AvgIpc) is 2.74. The van der Waals surface area contributed by atoms with Gasteiger partial charge in [0.15, 0.2) is 5.78 Å². The third-order valence-electron chi connectivity index (χ3n) is 3.32. The van der Waals surface area contributed by atoms with E-state index < -0.39 is 0 Å². The van der Waals surface area contributed by atoms with Crippen LogP contribution in [0.15, 0.2) is 15.2 Å². The number of carbonyl (C=O) groups excluding carboxylic acids is 1. The Morgan fingerprint density at radius 1 is 1.57 bits per heavy atom. The summed E-state index contributed by atoms with van der Waals surface area (Å²) in [7, 11) is 0. The van der Waals surface area contributed by atoms with Crippen LogP contribution in [0.5, 0.6) is 0 Å². The van der Waals surface area contributed by atoms with Crippen LogP contribution in [0.2, 0.25) is 0 Å². The number of halogens is 1. The third kappa shape index (κ3) is 1.14. The van der Waals surface area contributed by atoms with Gasteiger partial charge in [0.1, 0.15) is 0 Å². The van der Waals surface area contributed by atoms with E-state index in [2.05, 4.69) is 21.2 Å². The van der Waals surface area contributed by atoms with Crippen LogP contribution in [0.1, 0.15) is 16.8 Å². The van der Waals surface area contributed by atoms with Crippen molar-refractivity contribution < 1.29 is 4.79 Å². The van der Waals surface area contributed by atoms with Crippen LogP contribution in [-0.2, 0) is 0 Å². The van der Waals surface area contributed by atoms with E-state index in [1.807, 2.05) is 10.8 Å². The molecule has 2 saturated heterocycles. The summed E-state index contributed by atoms with van der Waals surface area (Å²) in [6.07, 6.45) is 1.19. The summed E-state index contributed by atoms with van der Waals surface area (Å²) in [4.78, 5) is 12.1. The number of carbonyl (C=O) groups is 1. The Morgan fingerprint density at radius 3 is 2.93 bits per heavy atom. The Hall–Kier alpha value is -0.190. The summed E-state index contributed by atoms with van der Waals surface area (Å²) in [6.45, 7) is 1.03. The van der Waals surface area contributed by atoms with Crippen LogP contribution in [0, 0.1) is 11.8 Å². The molecule has 2 nitrogen and oxygen atoms in total. The van der Waals surface area contributed by atoms with Crippen molar-refractivity contribution in [2.75, 3.05) is 6.54 Å². The van der Waals surface area contributed by atoms with E-state index in [-0.39, 0.29) is 5.92 Å². The molecule has 74 valence electrons. The minimum absolute atomic E-state index is 0.251. The maximum atomic E-state index is 12.1. The summed E-state index contributed by atoms with van der Waals surface area (Å²) in [5.74, 6) is 1.17. The first-order valence-electron chi connectivity index (χ1n) is 4.76. The number of hydrogen-bond donors (Lipinski definition) is 1. The van der Waals surface area contributed by atoms with Crippen molar-refractivity contribution >= 4 is 33.0 Å². The first-order chi connectivity index (χ1) is 6.77. The number of thiophene rings is 1. The summed E-state index contributed by atoms with van der Waals surface area (Å²) >= 11 is 5.00. The monoisotopic (exact) mass is 271 g/mol. The van der Waals surface area contributed by atoms with Crippen LogP contribution in [0.25, 0.3) is 0 Å². The molecule has 3 heterocycles. The lowest BCUT2D eigenvalue weighted by Gasteiger charge is -2.32. The number of nitrogens with one attached hydrogen (secondary N) is 1. The van der Waals surface area contributed by atoms with E-state index in [0.29, 0.717) is 17.7 Å². The van der Waals surface area contributed by atoms with E-state index in [4.69, 9.17) is 0 Å². The zero-order valence-electron chi connectivity index (χ0n) is 7.50. The number of Topliss-reactive ketones (excluding diaryl/α,β-unsaturated/α-hetero) is 1. The van der Waals surface area contributed by atoms with Gasteiger partial charge in [0.05, 0.1) is 0 Å². The van der Waals surface area contributed by atoms with Gasteiger partial charge in [-0.3, -0.25) is 4.79 Å². The minimum atomic E-state index is 0.251. The molecule has 3 unspecified atom stereocenters. The molecule has 0 radical (unpaired) electrons. The number of fused-ring (bicyclic) bond motifs is 1. The Labute approximate surface area is 94.8 Å². The highest BCUT2D eigenvalue weighted by Gasteiger charge is 2.50. The fraction of sp³-hybridized carbons (Fsp3) is 0.500. The van der Waals surface area contributed by atoms with E-state index in [1.54, 1.807) is 11.3 Å². The second-order valence-electron chi connectivity index (χ2n) is 4.03. The van der Waals surface area contributed by atoms with Crippen molar-refractivity contribution in [3.63, 3.8) is 0 Å². The van der Waals surface area contributed by atoms with Crippen molar-refractivity contribution in [2.45, 2.75) is 12.5 Å². The normalized spacial score (nSPS) is 34.2. The highest BCUT2D eigenvalue weighted by molar-refractivity contribution is 9.10. The molecule has 1 aromatic heterocycles. The largest absolute Gasteiger partial charge is 0.313 e. The molecule has 0 amide bonds. The van der Waals surface area contributed by atoms with Gasteiger partial charge in [-0.15, -0.1) is 0 Å². The maximum Gasteiger partial charge on any atom is 0.169 e. The number of rotatable bonds is 2. The molecule has 3 aliphatic rings. The molecular weight excluding hydrogens is 262 g/mol. The van der Waals surface area contributed by atoms with Crippen LogP contribution in [0.3, 0.4) is 0 Å². The highest BCUT2D eigenvalue weighted by atomic mass is 79.9. The predicted octanol–water partition coefficient (Wildman–Crippen LogP) is 2.30. The van der Waals surface area contributed by atoms with Crippen LogP contribution in [0.4, 0.5) is 0 Å². The third-order valence-corrected chi connectivity index (χ3v) is 5.03. The van der Waals surface area contributed by atoms with E-state index in [1.165, 1.54) is 6.42 Å². The molecule has 4 heteroatoms. The summed E-state index contributed by atoms with van der Waals surface area (Å²) in [6, 6.07) is 0.458. The molecule has 1 saturated carbocycles. The number of hydrogen-bond acceptors (Lipinski definition) is 3. The second kappa shape index (κ2) is 3.15. The smallest absolute Gasteiger partial charge is 0.169 e. The molecule has 0 aromatic carbocycles. The molecular formula is C10H10BrNOS. The molecule has 14 heavy (non-hydrogen) atoms. The lowest BCUT2D eigenvalue weighted by molar-refractivity contribution is 0.0784. The van der Waals surface area contributed by atoms with Crippen molar-refractivity contribution in [2.24, 2.45) is 11.8 Å². The van der Waals surface area contributed by atoms with E-state index in [9.17, 15) is 4.79 Å². The van der Waals surface area contributed by atoms with Gasteiger partial charge in [-0.1, -0.05) is 0 Å². The van der Waals surface area contributed by atoms with Crippen molar-refractivity contribution in [1.82, 2.24) is 5.32 Å². The molecule has 1 N–H and O–H groups in total. The van der Waals surface area contributed by atoms with E-state index >= 15 is 0 Å². The minimum Gasteiger partial charge on any atom is -0.313 e. The highest BCUT2D eigenvalue weighted by Crippen LogP contribution is 2.43. The van der Waals surface area contributed by atoms with Gasteiger partial charge in [0.25, 0.3) is 0 Å². The summed E-state index contributed by atoms with van der Waals surface area (Å²) in [5, 5.41) is 7.30. The lowest BCUT2D eigenvalue weighted by atomic mass is 9.70. The Kier molecular flexibility index (Phi) is 2.04. The standard InChI is InChI=1S/C10H10BrNOS/c11-7-4-14-3-6(7)10(13)9-5-1-8(9)12-2-5/h3-5,8-9,12H,1-2H2. The van der Waals surface area contributed by atoms with Crippen LogP contribution < -0.4 is 5.32 Å². The zero-order valence-corrected chi connectivity index (χ0v) is 9.90. The number of ketones is 1. The summed E-state index contributed by atoms with van der Waals surface area (Å²) in [5.41, 5.74) is 0.874. The molecule has 0 spiro atoms. The van der Waals surface area contributed by atoms with Gasteiger partial charge in [-0.2, -0.15) is 11.3 Å². The van der Waals surface area contributed by atoms with Crippen LogP contribution >= 0.6 is 27.3 Å². The Balaban J connectivity index is 1.87.